The molecular formula is C24H46N2. The second kappa shape index (κ2) is 8.11. The minimum Gasteiger partial charge on any atom is -0.316 e. The average Bonchev–Trinajstić information content (AvgIpc) is 2.76. The molecule has 3 rings (SSSR count). The summed E-state index contributed by atoms with van der Waals surface area (Å²) in [4.78, 5) is 2.60. The summed E-state index contributed by atoms with van der Waals surface area (Å²) in [5.74, 6) is 4.82. The van der Waals surface area contributed by atoms with E-state index < -0.39 is 0 Å². The van der Waals surface area contributed by atoms with Crippen molar-refractivity contribution in [3.05, 3.63) is 0 Å². The molecule has 1 aliphatic heterocycles. The van der Waals surface area contributed by atoms with Gasteiger partial charge in [0.2, 0.25) is 0 Å². The van der Waals surface area contributed by atoms with Gasteiger partial charge in [-0.15, -0.1) is 0 Å². The van der Waals surface area contributed by atoms with Gasteiger partial charge in [0, 0.05) is 11.1 Å². The molecule has 26 heavy (non-hydrogen) atoms. The van der Waals surface area contributed by atoms with Crippen molar-refractivity contribution >= 4 is 0 Å². The summed E-state index contributed by atoms with van der Waals surface area (Å²) in [5.41, 5.74) is 0.650. The molecule has 3 fully saturated rings. The fourth-order valence-electron chi connectivity index (χ4n) is 6.45. The normalized spacial score (nSPS) is 40.6. The molecule has 2 heteroatoms. The quantitative estimate of drug-likeness (QED) is 0.673. The van der Waals surface area contributed by atoms with E-state index in [2.05, 4.69) is 51.9 Å². The molecule has 0 spiro atoms. The third kappa shape index (κ3) is 4.49. The Bertz CT molecular complexity index is 439. The number of hydrogen-bond acceptors (Lipinski definition) is 2. The molecule has 0 aromatic carbocycles. The lowest BCUT2D eigenvalue weighted by Gasteiger charge is -2.39. The molecule has 2 saturated carbocycles. The summed E-state index contributed by atoms with van der Waals surface area (Å²) < 4.78 is 0. The molecule has 2 nitrogen and oxygen atoms in total. The van der Waals surface area contributed by atoms with Crippen LogP contribution in [-0.4, -0.2) is 36.1 Å². The Morgan fingerprint density at radius 2 is 1.35 bits per heavy atom. The maximum atomic E-state index is 3.88. The molecule has 2 aliphatic carbocycles. The van der Waals surface area contributed by atoms with Crippen LogP contribution >= 0.6 is 0 Å². The highest BCUT2D eigenvalue weighted by Crippen LogP contribution is 2.44. The van der Waals surface area contributed by atoms with E-state index in [1.54, 1.807) is 0 Å². The van der Waals surface area contributed by atoms with Crippen LogP contribution in [0.4, 0.5) is 0 Å². The second-order valence-corrected chi connectivity index (χ2v) is 11.4. The number of nitrogens with zero attached hydrogens (tertiary/aromatic N) is 1. The summed E-state index contributed by atoms with van der Waals surface area (Å²) in [5, 5.41) is 3.88. The van der Waals surface area contributed by atoms with Gasteiger partial charge in [0.05, 0.1) is 0 Å². The molecular weight excluding hydrogens is 316 g/mol. The van der Waals surface area contributed by atoms with Gasteiger partial charge >= 0.3 is 0 Å². The number of hydrogen-bond donors (Lipinski definition) is 1. The van der Waals surface area contributed by atoms with Crippen LogP contribution in [0.1, 0.15) is 92.4 Å². The lowest BCUT2D eigenvalue weighted by molar-refractivity contribution is 0.0989. The van der Waals surface area contributed by atoms with Crippen molar-refractivity contribution in [3.8, 4) is 0 Å². The Morgan fingerprint density at radius 3 is 1.85 bits per heavy atom. The number of rotatable bonds is 5. The van der Waals surface area contributed by atoms with Crippen molar-refractivity contribution in [2.45, 2.75) is 103 Å². The highest BCUT2D eigenvalue weighted by Gasteiger charge is 2.48. The highest BCUT2D eigenvalue weighted by atomic mass is 15.3. The zero-order chi connectivity index (χ0) is 18.9. The molecule has 0 aromatic heterocycles. The Balaban J connectivity index is 1.37. The third-order valence-corrected chi connectivity index (χ3v) is 8.96. The van der Waals surface area contributed by atoms with Gasteiger partial charge in [-0.3, -0.25) is 4.90 Å². The van der Waals surface area contributed by atoms with E-state index >= 15 is 0 Å². The Morgan fingerprint density at radius 1 is 0.808 bits per heavy atom. The van der Waals surface area contributed by atoms with Gasteiger partial charge in [-0.05, 0) is 122 Å². The zero-order valence-corrected chi connectivity index (χ0v) is 18.6. The fraction of sp³-hybridized carbons (Fsp3) is 1.00. The summed E-state index contributed by atoms with van der Waals surface area (Å²) in [6.07, 6.45) is 13.3. The van der Waals surface area contributed by atoms with Crippen molar-refractivity contribution in [1.82, 2.24) is 10.2 Å². The maximum absolute atomic E-state index is 3.88. The van der Waals surface area contributed by atoms with Crippen LogP contribution in [0.15, 0.2) is 0 Å². The van der Waals surface area contributed by atoms with Crippen molar-refractivity contribution in [3.63, 3.8) is 0 Å². The van der Waals surface area contributed by atoms with Gasteiger partial charge in [0.1, 0.15) is 0 Å². The van der Waals surface area contributed by atoms with Crippen LogP contribution in [0.3, 0.4) is 0 Å². The van der Waals surface area contributed by atoms with E-state index in [-0.39, 0.29) is 0 Å². The maximum Gasteiger partial charge on any atom is 0.0196 e. The largest absolute Gasteiger partial charge is 0.316 e. The number of likely N-dealkylation sites (tertiary alicyclic amines) is 1. The molecule has 1 unspecified atom stereocenters. The van der Waals surface area contributed by atoms with E-state index in [0.29, 0.717) is 11.1 Å². The molecule has 0 aromatic rings. The first-order valence-corrected chi connectivity index (χ1v) is 11.6. The lowest BCUT2D eigenvalue weighted by atomic mass is 9.69. The Labute approximate surface area is 163 Å². The highest BCUT2D eigenvalue weighted by molar-refractivity contribution is 5.04. The predicted octanol–water partition coefficient (Wildman–Crippen LogP) is 5.72. The Hall–Kier alpha value is -0.0800. The van der Waals surface area contributed by atoms with Crippen molar-refractivity contribution in [1.29, 1.82) is 0 Å². The smallest absolute Gasteiger partial charge is 0.0196 e. The van der Waals surface area contributed by atoms with Gasteiger partial charge in [0.25, 0.3) is 0 Å². The van der Waals surface area contributed by atoms with E-state index in [4.69, 9.17) is 0 Å². The molecule has 0 radical (unpaired) electrons. The van der Waals surface area contributed by atoms with Crippen molar-refractivity contribution in [2.75, 3.05) is 20.1 Å². The third-order valence-electron chi connectivity index (χ3n) is 8.96. The summed E-state index contributed by atoms with van der Waals surface area (Å²) >= 11 is 0. The van der Waals surface area contributed by atoms with Gasteiger partial charge in [-0.1, -0.05) is 19.8 Å². The van der Waals surface area contributed by atoms with Crippen LogP contribution in [0.25, 0.3) is 0 Å². The topological polar surface area (TPSA) is 15.3 Å². The molecule has 152 valence electrons. The van der Waals surface area contributed by atoms with Gasteiger partial charge in [0.15, 0.2) is 0 Å². The summed E-state index contributed by atoms with van der Waals surface area (Å²) in [7, 11) is 2.31. The summed E-state index contributed by atoms with van der Waals surface area (Å²) in [6.45, 7) is 14.6. The van der Waals surface area contributed by atoms with Crippen LogP contribution in [0, 0.1) is 29.6 Å². The molecule has 1 atom stereocenters. The first-order valence-electron chi connectivity index (χ1n) is 11.6. The van der Waals surface area contributed by atoms with Crippen LogP contribution < -0.4 is 5.32 Å². The predicted molar refractivity (Wildman–Crippen MR) is 113 cm³/mol. The van der Waals surface area contributed by atoms with Crippen LogP contribution in [0.5, 0.6) is 0 Å². The number of nitrogens with one attached hydrogen (secondary N) is 1. The van der Waals surface area contributed by atoms with E-state index in [0.717, 1.165) is 29.6 Å². The van der Waals surface area contributed by atoms with Gasteiger partial charge < -0.3 is 5.32 Å². The van der Waals surface area contributed by atoms with Crippen LogP contribution in [0.2, 0.25) is 0 Å². The molecule has 1 N–H and O–H groups in total. The van der Waals surface area contributed by atoms with Crippen molar-refractivity contribution in [2.24, 2.45) is 29.6 Å². The van der Waals surface area contributed by atoms with Gasteiger partial charge in [-0.2, -0.15) is 0 Å². The van der Waals surface area contributed by atoms with E-state index in [9.17, 15) is 0 Å². The van der Waals surface area contributed by atoms with Crippen molar-refractivity contribution < 1.29 is 0 Å². The Kier molecular flexibility index (Phi) is 6.44. The second-order valence-electron chi connectivity index (χ2n) is 11.4. The molecule has 3 aliphatic rings. The first-order chi connectivity index (χ1) is 12.2. The molecule has 1 heterocycles. The summed E-state index contributed by atoms with van der Waals surface area (Å²) in [6, 6.07) is 0. The van der Waals surface area contributed by atoms with Crippen LogP contribution in [-0.2, 0) is 0 Å². The van der Waals surface area contributed by atoms with E-state index in [1.807, 2.05) is 0 Å². The lowest BCUT2D eigenvalue weighted by Crippen LogP contribution is -2.48. The standard InChI is InChI=1S/C24H46N2/c1-18-7-11-20(12-8-18)21-13-9-19(10-14-21)16-25-17-22-15-23(2,3)26(6)24(22,4)5/h18-22,25H,7-17H2,1-6H3. The minimum atomic E-state index is 0.312. The fourth-order valence-corrected chi connectivity index (χ4v) is 6.45. The van der Waals surface area contributed by atoms with E-state index in [1.165, 1.54) is 70.9 Å². The first kappa shape index (κ1) is 20.6. The SMILES string of the molecule is CC1CCC(C2CCC(CNCC3CC(C)(C)N(C)C3(C)C)CC2)CC1. The molecule has 0 amide bonds. The average molecular weight is 363 g/mol. The zero-order valence-electron chi connectivity index (χ0n) is 18.6. The monoisotopic (exact) mass is 362 g/mol. The van der Waals surface area contributed by atoms with Gasteiger partial charge in [-0.25, -0.2) is 0 Å². The molecule has 0 bridgehead atoms. The minimum absolute atomic E-state index is 0.312. The molecule has 1 saturated heterocycles.